The molecule has 0 aliphatic carbocycles. The van der Waals surface area contributed by atoms with Crippen molar-refractivity contribution >= 4 is 11.6 Å². The number of piperazine rings is 1. The molecule has 3 aromatic rings. The number of anilines is 1. The summed E-state index contributed by atoms with van der Waals surface area (Å²) in [5, 5.41) is 0. The van der Waals surface area contributed by atoms with Crippen molar-refractivity contribution in [1.82, 2.24) is 9.80 Å². The number of hydrogen-bond donors (Lipinski definition) is 0. The molecule has 0 atom stereocenters. The van der Waals surface area contributed by atoms with E-state index in [1.165, 1.54) is 0 Å². The van der Waals surface area contributed by atoms with Crippen molar-refractivity contribution in [3.05, 3.63) is 96.1 Å². The van der Waals surface area contributed by atoms with Gasteiger partial charge in [0.1, 0.15) is 5.75 Å². The van der Waals surface area contributed by atoms with Crippen LogP contribution in [0.15, 0.2) is 84.9 Å². The molecule has 1 fully saturated rings. The fraction of sp³-hybridized carbons (Fsp3) is 0.296. The lowest BCUT2D eigenvalue weighted by Gasteiger charge is -2.37. The number of carbonyl (C=O) groups is 1. The van der Waals surface area contributed by atoms with E-state index >= 15 is 0 Å². The molecule has 3 aromatic carbocycles. The summed E-state index contributed by atoms with van der Waals surface area (Å²) in [7, 11) is 1.71. The second-order valence-corrected chi connectivity index (χ2v) is 8.16. The van der Waals surface area contributed by atoms with Gasteiger partial charge in [-0.2, -0.15) is 0 Å². The molecule has 5 heteroatoms. The highest BCUT2D eigenvalue weighted by Crippen LogP contribution is 2.28. The van der Waals surface area contributed by atoms with Gasteiger partial charge in [0.05, 0.1) is 19.3 Å². The van der Waals surface area contributed by atoms with Gasteiger partial charge in [0.25, 0.3) is 0 Å². The van der Waals surface area contributed by atoms with Gasteiger partial charge in [0.15, 0.2) is 0 Å². The Balaban J connectivity index is 1.38. The Kier molecular flexibility index (Phi) is 7.41. The molecule has 0 saturated carbocycles. The van der Waals surface area contributed by atoms with E-state index < -0.39 is 0 Å². The minimum atomic E-state index is 0.170. The standard InChI is InChI=1S/C27H31N3O2/c1-32-26-15-9-8-14-25(26)29-18-16-28(17-19-29)22-27(31)30(20-23-10-4-2-5-11-23)21-24-12-6-3-7-13-24/h2-15H,16-22H2,1H3. The van der Waals surface area contributed by atoms with Crippen molar-refractivity contribution in [2.75, 3.05) is 44.7 Å². The molecule has 0 radical (unpaired) electrons. The maximum atomic E-state index is 13.3. The summed E-state index contributed by atoms with van der Waals surface area (Å²) in [5.41, 5.74) is 3.42. The summed E-state index contributed by atoms with van der Waals surface area (Å²) in [6.07, 6.45) is 0. The number of benzene rings is 3. The van der Waals surface area contributed by atoms with E-state index in [2.05, 4.69) is 40.1 Å². The van der Waals surface area contributed by atoms with Gasteiger partial charge in [-0.3, -0.25) is 9.69 Å². The third kappa shape index (κ3) is 5.68. The quantitative estimate of drug-likeness (QED) is 0.541. The smallest absolute Gasteiger partial charge is 0.237 e. The van der Waals surface area contributed by atoms with Crippen LogP contribution >= 0.6 is 0 Å². The summed E-state index contributed by atoms with van der Waals surface area (Å²) in [5.74, 6) is 1.07. The zero-order valence-corrected chi connectivity index (χ0v) is 18.7. The zero-order chi connectivity index (χ0) is 22.2. The molecule has 1 heterocycles. The highest BCUT2D eigenvalue weighted by Gasteiger charge is 2.23. The topological polar surface area (TPSA) is 36.0 Å². The highest BCUT2D eigenvalue weighted by atomic mass is 16.5. The van der Waals surface area contributed by atoms with Crippen LogP contribution in [-0.2, 0) is 17.9 Å². The van der Waals surface area contributed by atoms with Crippen LogP contribution in [0.25, 0.3) is 0 Å². The van der Waals surface area contributed by atoms with Crippen molar-refractivity contribution in [1.29, 1.82) is 0 Å². The lowest BCUT2D eigenvalue weighted by molar-refractivity contribution is -0.133. The van der Waals surface area contributed by atoms with E-state index in [0.717, 1.165) is 48.7 Å². The lowest BCUT2D eigenvalue weighted by atomic mass is 10.1. The molecule has 4 rings (SSSR count). The molecular weight excluding hydrogens is 398 g/mol. The monoisotopic (exact) mass is 429 g/mol. The van der Waals surface area contributed by atoms with Gasteiger partial charge in [0, 0.05) is 39.3 Å². The first-order valence-corrected chi connectivity index (χ1v) is 11.2. The van der Waals surface area contributed by atoms with Crippen LogP contribution in [-0.4, -0.2) is 55.5 Å². The Bertz CT molecular complexity index is 945. The van der Waals surface area contributed by atoms with Gasteiger partial charge in [-0.1, -0.05) is 72.8 Å². The molecular formula is C27H31N3O2. The average molecular weight is 430 g/mol. The largest absolute Gasteiger partial charge is 0.495 e. The Hall–Kier alpha value is -3.31. The number of nitrogens with zero attached hydrogens (tertiary/aromatic N) is 3. The lowest BCUT2D eigenvalue weighted by Crippen LogP contribution is -2.50. The third-order valence-corrected chi connectivity index (χ3v) is 5.94. The van der Waals surface area contributed by atoms with Crippen LogP contribution in [0, 0.1) is 0 Å². The summed E-state index contributed by atoms with van der Waals surface area (Å²) < 4.78 is 5.52. The van der Waals surface area contributed by atoms with Crippen molar-refractivity contribution in [2.45, 2.75) is 13.1 Å². The summed E-state index contributed by atoms with van der Waals surface area (Å²) in [4.78, 5) is 19.9. The number of methoxy groups -OCH3 is 1. The SMILES string of the molecule is COc1ccccc1N1CCN(CC(=O)N(Cc2ccccc2)Cc2ccccc2)CC1. The number of hydrogen-bond acceptors (Lipinski definition) is 4. The third-order valence-electron chi connectivity index (χ3n) is 5.94. The molecule has 166 valence electrons. The molecule has 0 N–H and O–H groups in total. The second-order valence-electron chi connectivity index (χ2n) is 8.16. The van der Waals surface area contributed by atoms with Gasteiger partial charge in [-0.25, -0.2) is 0 Å². The number of rotatable bonds is 8. The first-order chi connectivity index (χ1) is 15.7. The minimum absolute atomic E-state index is 0.170. The van der Waals surface area contributed by atoms with Crippen molar-refractivity contribution in [3.8, 4) is 5.75 Å². The Morgan fingerprint density at radius 1 is 0.781 bits per heavy atom. The van der Waals surface area contributed by atoms with Crippen LogP contribution in [0.2, 0.25) is 0 Å². The van der Waals surface area contributed by atoms with E-state index in [4.69, 9.17) is 4.74 Å². The van der Waals surface area contributed by atoms with Gasteiger partial charge < -0.3 is 14.5 Å². The van der Waals surface area contributed by atoms with Gasteiger partial charge >= 0.3 is 0 Å². The Labute approximate surface area is 190 Å². The Morgan fingerprint density at radius 3 is 1.88 bits per heavy atom. The summed E-state index contributed by atoms with van der Waals surface area (Å²) >= 11 is 0. The van der Waals surface area contributed by atoms with Crippen LogP contribution in [0.1, 0.15) is 11.1 Å². The molecule has 1 aliphatic rings. The van der Waals surface area contributed by atoms with Gasteiger partial charge in [-0.15, -0.1) is 0 Å². The maximum absolute atomic E-state index is 13.3. The highest BCUT2D eigenvalue weighted by molar-refractivity contribution is 5.78. The average Bonchev–Trinajstić information content (AvgIpc) is 2.85. The summed E-state index contributed by atoms with van der Waals surface area (Å²) in [6, 6.07) is 28.6. The van der Waals surface area contributed by atoms with E-state index in [0.29, 0.717) is 19.6 Å². The van der Waals surface area contributed by atoms with E-state index in [9.17, 15) is 4.79 Å². The Morgan fingerprint density at radius 2 is 1.31 bits per heavy atom. The molecule has 32 heavy (non-hydrogen) atoms. The van der Waals surface area contributed by atoms with Crippen molar-refractivity contribution in [3.63, 3.8) is 0 Å². The van der Waals surface area contributed by atoms with Gasteiger partial charge in [-0.05, 0) is 23.3 Å². The van der Waals surface area contributed by atoms with Crippen LogP contribution < -0.4 is 9.64 Å². The van der Waals surface area contributed by atoms with Crippen LogP contribution in [0.5, 0.6) is 5.75 Å². The van der Waals surface area contributed by atoms with Crippen LogP contribution in [0.3, 0.4) is 0 Å². The molecule has 0 spiro atoms. The number of carbonyl (C=O) groups excluding carboxylic acids is 1. The molecule has 1 aliphatic heterocycles. The molecule has 5 nitrogen and oxygen atoms in total. The van der Waals surface area contributed by atoms with E-state index in [1.54, 1.807) is 7.11 Å². The van der Waals surface area contributed by atoms with Gasteiger partial charge in [0.2, 0.25) is 5.91 Å². The number of para-hydroxylation sites is 2. The predicted molar refractivity (Wildman–Crippen MR) is 129 cm³/mol. The first kappa shape index (κ1) is 21.9. The second kappa shape index (κ2) is 10.8. The van der Waals surface area contributed by atoms with Crippen molar-refractivity contribution in [2.24, 2.45) is 0 Å². The minimum Gasteiger partial charge on any atom is -0.495 e. The predicted octanol–water partition coefficient (Wildman–Crippen LogP) is 4.05. The van der Waals surface area contributed by atoms with Crippen molar-refractivity contribution < 1.29 is 9.53 Å². The normalized spacial score (nSPS) is 14.2. The molecule has 0 bridgehead atoms. The first-order valence-electron chi connectivity index (χ1n) is 11.2. The van der Waals surface area contributed by atoms with Crippen LogP contribution in [0.4, 0.5) is 5.69 Å². The zero-order valence-electron chi connectivity index (χ0n) is 18.7. The fourth-order valence-electron chi connectivity index (χ4n) is 4.17. The van der Waals surface area contributed by atoms with E-state index in [-0.39, 0.29) is 5.91 Å². The molecule has 1 saturated heterocycles. The fourth-order valence-corrected chi connectivity index (χ4v) is 4.17. The maximum Gasteiger partial charge on any atom is 0.237 e. The number of ether oxygens (including phenoxy) is 1. The van der Waals surface area contributed by atoms with E-state index in [1.807, 2.05) is 59.5 Å². The molecule has 0 aromatic heterocycles. The molecule has 0 unspecified atom stereocenters. The number of amides is 1. The summed E-state index contributed by atoms with van der Waals surface area (Å²) in [6.45, 7) is 5.16. The molecule has 1 amide bonds.